The van der Waals surface area contributed by atoms with Crippen molar-refractivity contribution in [3.63, 3.8) is 0 Å². The standard InChI is InChI=1S/C16H21N3OS/c1-11-5-2-3-8-19(11)10-15(20)18-16-13(9-17)12-6-4-7-14(12)21-16/h11H,2-8,10H2,1H3,(H,18,20)/t11-/m1/s1. The fourth-order valence-electron chi connectivity index (χ4n) is 3.35. The molecule has 1 aliphatic carbocycles. The van der Waals surface area contributed by atoms with E-state index in [4.69, 9.17) is 0 Å². The number of carbonyl (C=O) groups excluding carboxylic acids is 1. The molecule has 2 aliphatic rings. The van der Waals surface area contributed by atoms with E-state index in [-0.39, 0.29) is 5.91 Å². The molecule has 0 bridgehead atoms. The smallest absolute Gasteiger partial charge is 0.239 e. The van der Waals surface area contributed by atoms with E-state index in [1.807, 2.05) is 0 Å². The highest BCUT2D eigenvalue weighted by Crippen LogP contribution is 2.38. The van der Waals surface area contributed by atoms with Gasteiger partial charge in [0.2, 0.25) is 5.91 Å². The highest BCUT2D eigenvalue weighted by Gasteiger charge is 2.25. The molecule has 0 radical (unpaired) electrons. The van der Waals surface area contributed by atoms with Crippen LogP contribution in [0.1, 0.15) is 48.6 Å². The van der Waals surface area contributed by atoms with Crippen molar-refractivity contribution < 1.29 is 4.79 Å². The molecule has 1 aliphatic heterocycles. The normalized spacial score (nSPS) is 21.8. The molecule has 0 aromatic carbocycles. The lowest BCUT2D eigenvalue weighted by Gasteiger charge is -2.32. The predicted octanol–water partition coefficient (Wildman–Crippen LogP) is 2.92. The molecule has 0 saturated carbocycles. The Morgan fingerprint density at radius 1 is 1.43 bits per heavy atom. The fourth-order valence-corrected chi connectivity index (χ4v) is 4.61. The molecule has 1 amide bonds. The van der Waals surface area contributed by atoms with Gasteiger partial charge in [0.25, 0.3) is 0 Å². The number of nitrogens with zero attached hydrogens (tertiary/aromatic N) is 2. The zero-order valence-corrected chi connectivity index (χ0v) is 13.3. The lowest BCUT2D eigenvalue weighted by atomic mass is 10.0. The molecule has 1 N–H and O–H groups in total. The largest absolute Gasteiger partial charge is 0.315 e. The van der Waals surface area contributed by atoms with Crippen LogP contribution in [-0.4, -0.2) is 29.9 Å². The van der Waals surface area contributed by atoms with Gasteiger partial charge in [-0.05, 0) is 51.1 Å². The molecule has 1 aromatic heterocycles. The minimum absolute atomic E-state index is 0.0140. The maximum Gasteiger partial charge on any atom is 0.239 e. The Bertz CT molecular complexity index is 587. The summed E-state index contributed by atoms with van der Waals surface area (Å²) in [5.74, 6) is 0.0140. The van der Waals surface area contributed by atoms with Gasteiger partial charge in [0.15, 0.2) is 0 Å². The van der Waals surface area contributed by atoms with Gasteiger partial charge in [-0.3, -0.25) is 9.69 Å². The average molecular weight is 303 g/mol. The number of fused-ring (bicyclic) bond motifs is 1. The summed E-state index contributed by atoms with van der Waals surface area (Å²) >= 11 is 1.59. The van der Waals surface area contributed by atoms with Crippen molar-refractivity contribution in [3.8, 4) is 6.07 Å². The van der Waals surface area contributed by atoms with E-state index >= 15 is 0 Å². The van der Waals surface area contributed by atoms with E-state index in [9.17, 15) is 10.1 Å². The number of nitrogens with one attached hydrogen (secondary N) is 1. The van der Waals surface area contributed by atoms with Gasteiger partial charge >= 0.3 is 0 Å². The fraction of sp³-hybridized carbons (Fsp3) is 0.625. The Morgan fingerprint density at radius 3 is 3.05 bits per heavy atom. The van der Waals surface area contributed by atoms with Crippen molar-refractivity contribution in [2.24, 2.45) is 0 Å². The Morgan fingerprint density at radius 2 is 2.29 bits per heavy atom. The maximum absolute atomic E-state index is 12.3. The first-order chi connectivity index (χ1) is 10.2. The third kappa shape index (κ3) is 2.97. The monoisotopic (exact) mass is 303 g/mol. The van der Waals surface area contributed by atoms with Gasteiger partial charge in [-0.25, -0.2) is 0 Å². The quantitative estimate of drug-likeness (QED) is 0.934. The third-order valence-corrected chi connectivity index (χ3v) is 5.78. The second-order valence-corrected chi connectivity index (χ2v) is 7.14. The van der Waals surface area contributed by atoms with Crippen LogP contribution in [0.3, 0.4) is 0 Å². The van der Waals surface area contributed by atoms with Crippen LogP contribution in [-0.2, 0) is 17.6 Å². The zero-order valence-electron chi connectivity index (χ0n) is 12.4. The van der Waals surface area contributed by atoms with Crippen molar-refractivity contribution >= 4 is 22.2 Å². The van der Waals surface area contributed by atoms with Crippen LogP contribution in [0.15, 0.2) is 0 Å². The first-order valence-corrected chi connectivity index (χ1v) is 8.59. The van der Waals surface area contributed by atoms with E-state index in [2.05, 4.69) is 23.2 Å². The van der Waals surface area contributed by atoms with Crippen molar-refractivity contribution in [2.45, 2.75) is 51.5 Å². The number of amides is 1. The van der Waals surface area contributed by atoms with Crippen molar-refractivity contribution in [2.75, 3.05) is 18.4 Å². The minimum Gasteiger partial charge on any atom is -0.315 e. The molecule has 1 atom stereocenters. The number of hydrogen-bond donors (Lipinski definition) is 1. The minimum atomic E-state index is 0.0140. The summed E-state index contributed by atoms with van der Waals surface area (Å²) in [5.41, 5.74) is 1.87. The number of anilines is 1. The number of aryl methyl sites for hydroxylation is 1. The SMILES string of the molecule is C[C@@H]1CCCCN1CC(=O)Nc1sc2c(c1C#N)CCC2. The molecule has 5 heteroatoms. The first-order valence-electron chi connectivity index (χ1n) is 7.77. The van der Waals surface area contributed by atoms with Crippen LogP contribution in [0.5, 0.6) is 0 Å². The van der Waals surface area contributed by atoms with Crippen LogP contribution in [0.2, 0.25) is 0 Å². The van der Waals surface area contributed by atoms with Gasteiger partial charge in [-0.1, -0.05) is 6.42 Å². The number of thiophene rings is 1. The topological polar surface area (TPSA) is 56.1 Å². The summed E-state index contributed by atoms with van der Waals surface area (Å²) in [4.78, 5) is 15.8. The average Bonchev–Trinajstić information content (AvgIpc) is 3.01. The summed E-state index contributed by atoms with van der Waals surface area (Å²) in [7, 11) is 0. The van der Waals surface area contributed by atoms with E-state index in [0.717, 1.165) is 30.8 Å². The maximum atomic E-state index is 12.3. The summed E-state index contributed by atoms with van der Waals surface area (Å²) in [6.07, 6.45) is 6.77. The molecule has 21 heavy (non-hydrogen) atoms. The third-order valence-electron chi connectivity index (χ3n) is 4.57. The van der Waals surface area contributed by atoms with Gasteiger partial charge in [-0.2, -0.15) is 5.26 Å². The highest BCUT2D eigenvalue weighted by atomic mass is 32.1. The van der Waals surface area contributed by atoms with Crippen LogP contribution in [0.4, 0.5) is 5.00 Å². The lowest BCUT2D eigenvalue weighted by Crippen LogP contribution is -2.42. The van der Waals surface area contributed by atoms with Crippen LogP contribution < -0.4 is 5.32 Å². The number of carbonyl (C=O) groups is 1. The second-order valence-electron chi connectivity index (χ2n) is 6.04. The molecular weight excluding hydrogens is 282 g/mol. The summed E-state index contributed by atoms with van der Waals surface area (Å²) in [6, 6.07) is 2.76. The summed E-state index contributed by atoms with van der Waals surface area (Å²) in [5, 5.41) is 13.1. The number of piperidine rings is 1. The van der Waals surface area contributed by atoms with Gasteiger partial charge in [0.1, 0.15) is 11.1 Å². The molecule has 2 heterocycles. The Kier molecular flexibility index (Phi) is 4.27. The zero-order chi connectivity index (χ0) is 14.8. The highest BCUT2D eigenvalue weighted by molar-refractivity contribution is 7.16. The molecule has 3 rings (SSSR count). The molecule has 1 aromatic rings. The van der Waals surface area contributed by atoms with Crippen LogP contribution in [0, 0.1) is 11.3 Å². The Hall–Kier alpha value is -1.38. The van der Waals surface area contributed by atoms with Crippen molar-refractivity contribution in [1.82, 2.24) is 4.90 Å². The summed E-state index contributed by atoms with van der Waals surface area (Å²) < 4.78 is 0. The Balaban J connectivity index is 1.67. The van der Waals surface area contributed by atoms with E-state index in [0.29, 0.717) is 18.2 Å². The van der Waals surface area contributed by atoms with Gasteiger partial charge in [0.05, 0.1) is 12.1 Å². The number of likely N-dealkylation sites (tertiary alicyclic amines) is 1. The van der Waals surface area contributed by atoms with Gasteiger partial charge in [0, 0.05) is 10.9 Å². The molecule has 1 saturated heterocycles. The van der Waals surface area contributed by atoms with Crippen molar-refractivity contribution in [3.05, 3.63) is 16.0 Å². The molecule has 112 valence electrons. The molecule has 1 fully saturated rings. The van der Waals surface area contributed by atoms with Gasteiger partial charge in [-0.15, -0.1) is 11.3 Å². The number of rotatable bonds is 3. The van der Waals surface area contributed by atoms with E-state index < -0.39 is 0 Å². The van der Waals surface area contributed by atoms with Crippen LogP contribution in [0.25, 0.3) is 0 Å². The second kappa shape index (κ2) is 6.17. The molecule has 4 nitrogen and oxygen atoms in total. The van der Waals surface area contributed by atoms with E-state index in [1.165, 1.54) is 29.7 Å². The van der Waals surface area contributed by atoms with Crippen LogP contribution >= 0.6 is 11.3 Å². The summed E-state index contributed by atoms with van der Waals surface area (Å²) in [6.45, 7) is 3.63. The molecule has 0 spiro atoms. The van der Waals surface area contributed by atoms with E-state index in [1.54, 1.807) is 11.3 Å². The van der Waals surface area contributed by atoms with Crippen molar-refractivity contribution in [1.29, 1.82) is 5.26 Å². The van der Waals surface area contributed by atoms with Gasteiger partial charge < -0.3 is 5.32 Å². The number of hydrogen-bond acceptors (Lipinski definition) is 4. The predicted molar refractivity (Wildman–Crippen MR) is 84.6 cm³/mol. The number of nitriles is 1. The first kappa shape index (κ1) is 14.6. The molecular formula is C16H21N3OS. The lowest BCUT2D eigenvalue weighted by molar-refractivity contribution is -0.118. The molecule has 0 unspecified atom stereocenters. The Labute approximate surface area is 129 Å².